The average Bonchev–Trinajstić information content (AvgIpc) is 2.48. The number of hydrogen-bond acceptors (Lipinski definition) is 3. The van der Waals surface area contributed by atoms with Gasteiger partial charge in [0.1, 0.15) is 12.4 Å². The quantitative estimate of drug-likeness (QED) is 0.844. The molecule has 0 saturated carbocycles. The van der Waals surface area contributed by atoms with Crippen LogP contribution in [0, 0.1) is 11.8 Å². The molecule has 1 aliphatic rings. The number of fused-ring (bicyclic) bond motifs is 1. The third-order valence-electron chi connectivity index (χ3n) is 3.86. The highest BCUT2D eigenvalue weighted by Crippen LogP contribution is 2.33. The summed E-state index contributed by atoms with van der Waals surface area (Å²) in [5.74, 6) is -1.41. The Labute approximate surface area is 134 Å². The van der Waals surface area contributed by atoms with Gasteiger partial charge in [-0.05, 0) is 18.4 Å². The molecule has 0 bridgehead atoms. The van der Waals surface area contributed by atoms with E-state index in [0.29, 0.717) is 17.7 Å². The summed E-state index contributed by atoms with van der Waals surface area (Å²) >= 11 is 0. The van der Waals surface area contributed by atoms with Crippen molar-refractivity contribution in [3.8, 4) is 5.75 Å². The van der Waals surface area contributed by atoms with E-state index in [9.17, 15) is 14.0 Å². The first-order chi connectivity index (χ1) is 10.9. The number of carbonyl (C=O) groups excluding carboxylic acids is 1. The van der Waals surface area contributed by atoms with Gasteiger partial charge in [0.15, 0.2) is 6.17 Å². The molecule has 0 spiro atoms. The van der Waals surface area contributed by atoms with Gasteiger partial charge in [-0.15, -0.1) is 0 Å². The van der Waals surface area contributed by atoms with Crippen molar-refractivity contribution in [1.29, 1.82) is 0 Å². The Morgan fingerprint density at radius 2 is 2.09 bits per heavy atom. The minimum atomic E-state index is -1.36. The second-order valence-corrected chi connectivity index (χ2v) is 6.28. The normalized spacial score (nSPS) is 21.2. The largest absolute Gasteiger partial charge is 0.490 e. The number of carbonyl (C=O) groups is 2. The maximum Gasteiger partial charge on any atom is 0.304 e. The van der Waals surface area contributed by atoms with Gasteiger partial charge in [0.25, 0.3) is 0 Å². The second-order valence-electron chi connectivity index (χ2n) is 6.28. The number of alkyl halides is 1. The molecule has 23 heavy (non-hydrogen) atoms. The lowest BCUT2D eigenvalue weighted by Gasteiger charge is -2.31. The highest BCUT2D eigenvalue weighted by Gasteiger charge is 2.34. The topological polar surface area (TPSA) is 75.6 Å². The summed E-state index contributed by atoms with van der Waals surface area (Å²) in [6, 6.07) is 6.16. The van der Waals surface area contributed by atoms with E-state index in [-0.39, 0.29) is 18.9 Å². The minimum absolute atomic E-state index is 0.129. The molecule has 6 heteroatoms. The van der Waals surface area contributed by atoms with E-state index in [0.717, 1.165) is 0 Å². The lowest BCUT2D eigenvalue weighted by Crippen LogP contribution is -2.43. The lowest BCUT2D eigenvalue weighted by atomic mass is 9.92. The van der Waals surface area contributed by atoms with E-state index in [1.165, 1.54) is 0 Å². The minimum Gasteiger partial charge on any atom is -0.490 e. The lowest BCUT2D eigenvalue weighted by molar-refractivity contribution is -0.141. The number of halogens is 1. The monoisotopic (exact) mass is 323 g/mol. The van der Waals surface area contributed by atoms with Gasteiger partial charge >= 0.3 is 5.97 Å². The van der Waals surface area contributed by atoms with Crippen LogP contribution < -0.4 is 10.1 Å². The first kappa shape index (κ1) is 17.2. The number of ether oxygens (including phenoxy) is 1. The van der Waals surface area contributed by atoms with Gasteiger partial charge in [-0.25, -0.2) is 4.39 Å². The summed E-state index contributed by atoms with van der Waals surface area (Å²) in [5, 5.41) is 11.7. The Balaban J connectivity index is 2.15. The number of para-hydroxylation sites is 1. The molecule has 0 saturated heterocycles. The number of amides is 1. The fourth-order valence-electron chi connectivity index (χ4n) is 2.83. The first-order valence-electron chi connectivity index (χ1n) is 7.76. The van der Waals surface area contributed by atoms with Crippen molar-refractivity contribution in [2.45, 2.75) is 38.9 Å². The molecule has 0 aliphatic carbocycles. The van der Waals surface area contributed by atoms with Gasteiger partial charge in [0.05, 0.1) is 12.5 Å². The second kappa shape index (κ2) is 7.44. The van der Waals surface area contributed by atoms with E-state index in [4.69, 9.17) is 9.84 Å². The van der Waals surface area contributed by atoms with Crippen molar-refractivity contribution in [3.63, 3.8) is 0 Å². The summed E-state index contributed by atoms with van der Waals surface area (Å²) in [5.41, 5.74) is 0.582. The van der Waals surface area contributed by atoms with Crippen LogP contribution in [0.2, 0.25) is 0 Å². The number of nitrogens with one attached hydrogen (secondary N) is 1. The summed E-state index contributed by atoms with van der Waals surface area (Å²) in [7, 11) is 0. The summed E-state index contributed by atoms with van der Waals surface area (Å²) < 4.78 is 19.5. The average molecular weight is 323 g/mol. The summed E-state index contributed by atoms with van der Waals surface area (Å²) in [4.78, 5) is 23.4. The zero-order valence-corrected chi connectivity index (χ0v) is 13.3. The third-order valence-corrected chi connectivity index (χ3v) is 3.86. The SMILES string of the molecule is CC(C)CC(CC(=O)O)C(=O)NC1c2ccccc2OCC1F. The van der Waals surface area contributed by atoms with Crippen LogP contribution in [-0.2, 0) is 9.59 Å². The first-order valence-corrected chi connectivity index (χ1v) is 7.76. The molecule has 1 aromatic rings. The zero-order chi connectivity index (χ0) is 17.0. The Morgan fingerprint density at radius 1 is 1.39 bits per heavy atom. The number of rotatable bonds is 6. The highest BCUT2D eigenvalue weighted by atomic mass is 19.1. The molecule has 1 aliphatic heterocycles. The van der Waals surface area contributed by atoms with Crippen molar-refractivity contribution in [2.24, 2.45) is 11.8 Å². The van der Waals surface area contributed by atoms with Crippen LogP contribution in [0.5, 0.6) is 5.75 Å². The number of carboxylic acids is 1. The standard InChI is InChI=1S/C17H22FNO4/c1-10(2)7-11(8-15(20)21)17(22)19-16-12-5-3-4-6-14(12)23-9-13(16)18/h3-6,10-11,13,16H,7-9H2,1-2H3,(H,19,22)(H,20,21). The van der Waals surface area contributed by atoms with Crippen LogP contribution >= 0.6 is 0 Å². The molecule has 0 fully saturated rings. The maximum atomic E-state index is 14.2. The molecule has 5 nitrogen and oxygen atoms in total. The van der Waals surface area contributed by atoms with Gasteiger partial charge in [0, 0.05) is 11.5 Å². The fourth-order valence-corrected chi connectivity index (χ4v) is 2.83. The highest BCUT2D eigenvalue weighted by molar-refractivity contribution is 5.83. The molecule has 1 amide bonds. The van der Waals surface area contributed by atoms with E-state index in [1.54, 1.807) is 24.3 Å². The molecule has 3 unspecified atom stereocenters. The van der Waals surface area contributed by atoms with E-state index < -0.39 is 30.0 Å². The number of benzene rings is 1. The van der Waals surface area contributed by atoms with Gasteiger partial charge in [0.2, 0.25) is 5.91 Å². The zero-order valence-electron chi connectivity index (χ0n) is 13.3. The summed E-state index contributed by atoms with van der Waals surface area (Å²) in [6.07, 6.45) is -1.18. The molecule has 1 heterocycles. The number of aliphatic carboxylic acids is 1. The van der Waals surface area contributed by atoms with Gasteiger partial charge in [-0.3, -0.25) is 9.59 Å². The Kier molecular flexibility index (Phi) is 5.58. The Bertz CT molecular complexity index is 575. The van der Waals surface area contributed by atoms with Crippen molar-refractivity contribution in [2.75, 3.05) is 6.61 Å². The van der Waals surface area contributed by atoms with Gasteiger partial charge in [-0.2, -0.15) is 0 Å². The number of carboxylic acid groups (broad SMARTS) is 1. The van der Waals surface area contributed by atoms with Crippen molar-refractivity contribution < 1.29 is 23.8 Å². The van der Waals surface area contributed by atoms with Crippen LogP contribution in [0.4, 0.5) is 4.39 Å². The molecule has 3 atom stereocenters. The van der Waals surface area contributed by atoms with E-state index >= 15 is 0 Å². The third kappa shape index (κ3) is 4.43. The van der Waals surface area contributed by atoms with Gasteiger partial charge in [-0.1, -0.05) is 32.0 Å². The molecule has 126 valence electrons. The molecule has 2 rings (SSSR count). The summed E-state index contributed by atoms with van der Waals surface area (Å²) in [6.45, 7) is 3.71. The Morgan fingerprint density at radius 3 is 2.74 bits per heavy atom. The van der Waals surface area contributed by atoms with Crippen LogP contribution in [-0.4, -0.2) is 29.8 Å². The van der Waals surface area contributed by atoms with Gasteiger partial charge < -0.3 is 15.2 Å². The Hall–Kier alpha value is -2.11. The van der Waals surface area contributed by atoms with E-state index in [2.05, 4.69) is 5.32 Å². The van der Waals surface area contributed by atoms with Crippen LogP contribution in [0.25, 0.3) is 0 Å². The van der Waals surface area contributed by atoms with Crippen LogP contribution in [0.1, 0.15) is 38.3 Å². The molecule has 0 radical (unpaired) electrons. The maximum absolute atomic E-state index is 14.2. The van der Waals surface area contributed by atoms with Crippen LogP contribution in [0.15, 0.2) is 24.3 Å². The fraction of sp³-hybridized carbons (Fsp3) is 0.529. The van der Waals surface area contributed by atoms with Crippen molar-refractivity contribution >= 4 is 11.9 Å². The molecular weight excluding hydrogens is 301 g/mol. The van der Waals surface area contributed by atoms with Crippen LogP contribution in [0.3, 0.4) is 0 Å². The predicted molar refractivity (Wildman–Crippen MR) is 82.9 cm³/mol. The predicted octanol–water partition coefficient (Wildman–Crippen LogP) is 2.71. The van der Waals surface area contributed by atoms with E-state index in [1.807, 2.05) is 13.8 Å². The molecule has 0 aromatic heterocycles. The molecule has 1 aromatic carbocycles. The van der Waals surface area contributed by atoms with Crippen molar-refractivity contribution in [3.05, 3.63) is 29.8 Å². The molecule has 2 N–H and O–H groups in total. The molecular formula is C17H22FNO4. The van der Waals surface area contributed by atoms with Crippen molar-refractivity contribution in [1.82, 2.24) is 5.32 Å². The smallest absolute Gasteiger partial charge is 0.304 e. The number of hydrogen-bond donors (Lipinski definition) is 2.